The van der Waals surface area contributed by atoms with Crippen molar-refractivity contribution in [3.05, 3.63) is 54.2 Å². The second kappa shape index (κ2) is 7.89. The zero-order valence-corrected chi connectivity index (χ0v) is 18.8. The number of rotatable bonds is 4. The minimum atomic E-state index is -4.35. The van der Waals surface area contributed by atoms with Crippen molar-refractivity contribution >= 4 is 61.3 Å². The first kappa shape index (κ1) is 20.6. The summed E-state index contributed by atoms with van der Waals surface area (Å²) in [6.45, 7) is 5.22. The maximum absolute atomic E-state index is 12.5. The molecule has 5 nitrogen and oxygen atoms in total. The number of esters is 1. The van der Waals surface area contributed by atoms with Crippen molar-refractivity contribution in [2.24, 2.45) is 0 Å². The van der Waals surface area contributed by atoms with Gasteiger partial charge in [-0.25, -0.2) is 4.79 Å². The number of hydrogen-bond donors (Lipinski definition) is 1. The maximum atomic E-state index is 12.5. The Morgan fingerprint density at radius 1 is 1.20 bits per heavy atom. The van der Waals surface area contributed by atoms with E-state index in [0.717, 1.165) is 7.14 Å². The standard InChI is InChI=1S/C17H16I2O5S/c1-9(2)12-8-14(10(3)7-15(12)25(21,22)23)24-17(20)11-5-4-6-13(18)16(11)19/h4-9H,1-3H3,(H,21,22,23). The molecule has 0 aliphatic heterocycles. The summed E-state index contributed by atoms with van der Waals surface area (Å²) in [7, 11) is -4.35. The summed E-state index contributed by atoms with van der Waals surface area (Å²) in [5.41, 5.74) is 1.29. The highest BCUT2D eigenvalue weighted by molar-refractivity contribution is 14.1. The predicted molar refractivity (Wildman–Crippen MR) is 112 cm³/mol. The van der Waals surface area contributed by atoms with Gasteiger partial charge in [0.2, 0.25) is 0 Å². The van der Waals surface area contributed by atoms with Gasteiger partial charge < -0.3 is 4.74 Å². The van der Waals surface area contributed by atoms with Gasteiger partial charge in [0.25, 0.3) is 10.1 Å². The highest BCUT2D eigenvalue weighted by Crippen LogP contribution is 2.32. The van der Waals surface area contributed by atoms with Crippen molar-refractivity contribution in [2.45, 2.75) is 31.6 Å². The molecule has 0 bridgehead atoms. The molecule has 0 aromatic heterocycles. The molecule has 0 heterocycles. The average Bonchev–Trinajstić information content (AvgIpc) is 2.50. The summed E-state index contributed by atoms with van der Waals surface area (Å²) in [4.78, 5) is 12.3. The number of benzene rings is 2. The molecular weight excluding hydrogens is 570 g/mol. The van der Waals surface area contributed by atoms with Gasteiger partial charge in [0.05, 0.1) is 10.5 Å². The minimum absolute atomic E-state index is 0.163. The van der Waals surface area contributed by atoms with E-state index in [4.69, 9.17) is 4.74 Å². The number of carbonyl (C=O) groups excluding carboxylic acids is 1. The summed E-state index contributed by atoms with van der Waals surface area (Å²) < 4.78 is 39.8. The van der Waals surface area contributed by atoms with E-state index in [1.54, 1.807) is 32.9 Å². The largest absolute Gasteiger partial charge is 0.423 e. The highest BCUT2D eigenvalue weighted by atomic mass is 127. The summed E-state index contributed by atoms with van der Waals surface area (Å²) in [6.07, 6.45) is 0. The van der Waals surface area contributed by atoms with Gasteiger partial charge >= 0.3 is 5.97 Å². The van der Waals surface area contributed by atoms with Gasteiger partial charge in [-0.15, -0.1) is 0 Å². The van der Waals surface area contributed by atoms with Crippen LogP contribution in [0.2, 0.25) is 0 Å². The molecule has 0 saturated heterocycles. The van der Waals surface area contributed by atoms with Crippen molar-refractivity contribution in [1.82, 2.24) is 0 Å². The fourth-order valence-corrected chi connectivity index (χ4v) is 4.27. The molecule has 2 rings (SSSR count). The lowest BCUT2D eigenvalue weighted by atomic mass is 10.0. The summed E-state index contributed by atoms with van der Waals surface area (Å²) in [5.74, 6) is -0.413. The summed E-state index contributed by atoms with van der Waals surface area (Å²) in [5, 5.41) is 0. The lowest BCUT2D eigenvalue weighted by molar-refractivity contribution is 0.0732. The fraction of sp³-hybridized carbons (Fsp3) is 0.235. The Morgan fingerprint density at radius 3 is 2.40 bits per heavy atom. The van der Waals surface area contributed by atoms with Gasteiger partial charge in [-0.2, -0.15) is 8.42 Å². The van der Waals surface area contributed by atoms with Crippen LogP contribution in [0.5, 0.6) is 5.75 Å². The van der Waals surface area contributed by atoms with Crippen LogP contribution >= 0.6 is 45.2 Å². The Bertz CT molecular complexity index is 936. The summed E-state index contributed by atoms with van der Waals surface area (Å²) >= 11 is 4.22. The Hall–Kier alpha value is -0.720. The normalized spacial score (nSPS) is 11.6. The molecule has 0 radical (unpaired) electrons. The highest BCUT2D eigenvalue weighted by Gasteiger charge is 2.22. The molecule has 134 valence electrons. The number of carbonyl (C=O) groups is 1. The molecule has 25 heavy (non-hydrogen) atoms. The van der Waals surface area contributed by atoms with Crippen LogP contribution in [-0.2, 0) is 10.1 Å². The van der Waals surface area contributed by atoms with Gasteiger partial charge in [-0.3, -0.25) is 4.55 Å². The van der Waals surface area contributed by atoms with Crippen LogP contribution in [0.3, 0.4) is 0 Å². The van der Waals surface area contributed by atoms with Gasteiger partial charge in [-0.1, -0.05) is 19.9 Å². The molecule has 1 N–H and O–H groups in total. The van der Waals surface area contributed by atoms with Crippen molar-refractivity contribution in [3.63, 3.8) is 0 Å². The van der Waals surface area contributed by atoms with Crippen molar-refractivity contribution < 1.29 is 22.5 Å². The van der Waals surface area contributed by atoms with E-state index >= 15 is 0 Å². The monoisotopic (exact) mass is 586 g/mol. The van der Waals surface area contributed by atoms with Gasteiger partial charge in [0, 0.05) is 7.14 Å². The van der Waals surface area contributed by atoms with Gasteiger partial charge in [0.1, 0.15) is 5.75 Å². The molecule has 2 aromatic carbocycles. The topological polar surface area (TPSA) is 80.7 Å². The zero-order chi connectivity index (χ0) is 18.9. The Balaban J connectivity index is 2.48. The third kappa shape index (κ3) is 4.72. The average molecular weight is 586 g/mol. The van der Waals surface area contributed by atoms with Crippen LogP contribution in [0.1, 0.15) is 41.3 Å². The van der Waals surface area contributed by atoms with E-state index in [9.17, 15) is 17.8 Å². The number of hydrogen-bond acceptors (Lipinski definition) is 4. The van der Waals surface area contributed by atoms with E-state index in [-0.39, 0.29) is 16.6 Å². The fourth-order valence-electron chi connectivity index (χ4n) is 2.28. The first-order chi connectivity index (χ1) is 11.5. The second-order valence-corrected chi connectivity index (χ2v) is 9.41. The van der Waals surface area contributed by atoms with E-state index in [1.807, 2.05) is 6.07 Å². The third-order valence-corrected chi connectivity index (χ3v) is 7.58. The zero-order valence-electron chi connectivity index (χ0n) is 13.7. The first-order valence-electron chi connectivity index (χ1n) is 7.30. The molecule has 0 saturated carbocycles. The maximum Gasteiger partial charge on any atom is 0.344 e. The van der Waals surface area contributed by atoms with E-state index in [0.29, 0.717) is 16.7 Å². The molecule has 0 unspecified atom stereocenters. The molecular formula is C17H16I2O5S. The predicted octanol–water partition coefficient (Wildman–Crippen LogP) is 4.79. The summed E-state index contributed by atoms with van der Waals surface area (Å²) in [6, 6.07) is 8.17. The van der Waals surface area contributed by atoms with Gasteiger partial charge in [0.15, 0.2) is 0 Å². The first-order valence-corrected chi connectivity index (χ1v) is 10.9. The molecule has 0 spiro atoms. The Kier molecular flexibility index (Phi) is 6.50. The lowest BCUT2D eigenvalue weighted by Gasteiger charge is -2.15. The van der Waals surface area contributed by atoms with Crippen LogP contribution < -0.4 is 4.74 Å². The molecule has 0 atom stereocenters. The van der Waals surface area contributed by atoms with Gasteiger partial charge in [-0.05, 0) is 93.4 Å². The minimum Gasteiger partial charge on any atom is -0.423 e. The SMILES string of the molecule is Cc1cc(S(=O)(=O)O)c(C(C)C)cc1OC(=O)c1cccc(I)c1I. The molecule has 0 aliphatic rings. The molecule has 0 aliphatic carbocycles. The molecule has 0 amide bonds. The smallest absolute Gasteiger partial charge is 0.344 e. The lowest BCUT2D eigenvalue weighted by Crippen LogP contribution is -2.13. The molecule has 8 heteroatoms. The molecule has 2 aromatic rings. The third-order valence-electron chi connectivity index (χ3n) is 3.58. The van der Waals surface area contributed by atoms with Crippen molar-refractivity contribution in [3.8, 4) is 5.75 Å². The van der Waals surface area contributed by atoms with Crippen LogP contribution in [0, 0.1) is 14.1 Å². The Morgan fingerprint density at radius 2 is 1.84 bits per heavy atom. The van der Waals surface area contributed by atoms with Crippen LogP contribution in [0.4, 0.5) is 0 Å². The quantitative estimate of drug-likeness (QED) is 0.241. The van der Waals surface area contributed by atoms with Crippen LogP contribution in [0.15, 0.2) is 35.2 Å². The second-order valence-electron chi connectivity index (χ2n) is 5.78. The van der Waals surface area contributed by atoms with Crippen LogP contribution in [0.25, 0.3) is 0 Å². The van der Waals surface area contributed by atoms with Crippen LogP contribution in [-0.4, -0.2) is 18.9 Å². The van der Waals surface area contributed by atoms with Crippen molar-refractivity contribution in [2.75, 3.05) is 0 Å². The number of aryl methyl sites for hydroxylation is 1. The number of ether oxygens (including phenoxy) is 1. The Labute approximate surface area is 174 Å². The molecule has 0 fully saturated rings. The van der Waals surface area contributed by atoms with E-state index in [1.165, 1.54) is 12.1 Å². The van der Waals surface area contributed by atoms with Crippen molar-refractivity contribution in [1.29, 1.82) is 0 Å². The van der Waals surface area contributed by atoms with E-state index < -0.39 is 16.1 Å². The number of halogens is 2. The van der Waals surface area contributed by atoms with E-state index in [2.05, 4.69) is 45.2 Å².